The van der Waals surface area contributed by atoms with E-state index in [-0.39, 0.29) is 35.5 Å². The third-order valence-corrected chi connectivity index (χ3v) is 4.27. The Hall–Kier alpha value is -3.22. The number of ketones is 1. The fourth-order valence-corrected chi connectivity index (χ4v) is 2.85. The van der Waals surface area contributed by atoms with Crippen LogP contribution in [-0.2, 0) is 9.59 Å². The number of esters is 1. The van der Waals surface area contributed by atoms with Crippen LogP contribution in [0.3, 0.4) is 0 Å². The van der Waals surface area contributed by atoms with Gasteiger partial charge < -0.3 is 15.2 Å². The predicted molar refractivity (Wildman–Crippen MR) is 108 cm³/mol. The van der Waals surface area contributed by atoms with E-state index in [1.54, 1.807) is 30.3 Å². The first-order valence-electron chi connectivity index (χ1n) is 9.64. The summed E-state index contributed by atoms with van der Waals surface area (Å²) in [5.41, 5.74) is 5.77. The number of ether oxygens (including phenoxy) is 2. The summed E-state index contributed by atoms with van der Waals surface area (Å²) in [5, 5.41) is 0. The average Bonchev–Trinajstić information content (AvgIpc) is 2.70. The molecule has 1 unspecified atom stereocenters. The van der Waals surface area contributed by atoms with Crippen molar-refractivity contribution in [2.75, 3.05) is 0 Å². The molecule has 7 heteroatoms. The van der Waals surface area contributed by atoms with Gasteiger partial charge in [-0.2, -0.15) is 0 Å². The molecule has 154 valence electrons. The Kier molecular flexibility index (Phi) is 8.33. The minimum absolute atomic E-state index is 0.0724. The van der Waals surface area contributed by atoms with Crippen LogP contribution in [0.1, 0.15) is 61.9 Å². The SMILES string of the molecule is CCCCC(CCC(N)=O)Oc1nccc(OC(C)=O)c1C(=O)c1ccccc1. The summed E-state index contributed by atoms with van der Waals surface area (Å²) >= 11 is 0. The van der Waals surface area contributed by atoms with Crippen LogP contribution in [-0.4, -0.2) is 28.7 Å². The number of benzene rings is 1. The van der Waals surface area contributed by atoms with Crippen LogP contribution in [0.25, 0.3) is 0 Å². The van der Waals surface area contributed by atoms with Gasteiger partial charge in [-0.3, -0.25) is 14.4 Å². The molecule has 0 fully saturated rings. The van der Waals surface area contributed by atoms with E-state index in [2.05, 4.69) is 11.9 Å². The number of hydrogen-bond donors (Lipinski definition) is 1. The Labute approximate surface area is 170 Å². The number of carbonyl (C=O) groups is 3. The fraction of sp³-hybridized carbons (Fsp3) is 0.364. The second kappa shape index (κ2) is 10.9. The van der Waals surface area contributed by atoms with Crippen molar-refractivity contribution in [1.29, 1.82) is 0 Å². The molecule has 2 rings (SSSR count). The van der Waals surface area contributed by atoms with Gasteiger partial charge in [0, 0.05) is 31.2 Å². The van der Waals surface area contributed by atoms with Crippen LogP contribution in [0.4, 0.5) is 0 Å². The molecule has 0 radical (unpaired) electrons. The highest BCUT2D eigenvalue weighted by atomic mass is 16.5. The van der Waals surface area contributed by atoms with E-state index in [0.29, 0.717) is 18.4 Å². The van der Waals surface area contributed by atoms with Crippen LogP contribution < -0.4 is 15.2 Å². The van der Waals surface area contributed by atoms with Crippen molar-refractivity contribution in [3.05, 3.63) is 53.7 Å². The monoisotopic (exact) mass is 398 g/mol. The topological polar surface area (TPSA) is 109 Å². The molecule has 1 aromatic carbocycles. The van der Waals surface area contributed by atoms with Crippen molar-refractivity contribution in [2.24, 2.45) is 5.73 Å². The van der Waals surface area contributed by atoms with E-state index in [1.807, 2.05) is 0 Å². The maximum atomic E-state index is 13.1. The van der Waals surface area contributed by atoms with Gasteiger partial charge in [0.1, 0.15) is 17.4 Å². The first-order chi connectivity index (χ1) is 13.9. The normalized spacial score (nSPS) is 11.5. The second-order valence-corrected chi connectivity index (χ2v) is 6.67. The van der Waals surface area contributed by atoms with Gasteiger partial charge in [-0.05, 0) is 12.8 Å². The second-order valence-electron chi connectivity index (χ2n) is 6.67. The van der Waals surface area contributed by atoms with Crippen molar-refractivity contribution in [1.82, 2.24) is 4.98 Å². The molecule has 0 aliphatic carbocycles. The van der Waals surface area contributed by atoms with Gasteiger partial charge in [-0.1, -0.05) is 50.1 Å². The molecule has 0 saturated heterocycles. The highest BCUT2D eigenvalue weighted by molar-refractivity contribution is 6.12. The summed E-state index contributed by atoms with van der Waals surface area (Å²) in [6, 6.07) is 10.1. The Balaban J connectivity index is 2.41. The van der Waals surface area contributed by atoms with Crippen LogP contribution in [0.2, 0.25) is 0 Å². The van der Waals surface area contributed by atoms with Crippen LogP contribution >= 0.6 is 0 Å². The number of rotatable bonds is 11. The van der Waals surface area contributed by atoms with E-state index in [0.717, 1.165) is 12.8 Å². The molecular formula is C22H26N2O5. The lowest BCUT2D eigenvalue weighted by molar-refractivity contribution is -0.131. The number of amides is 1. The summed E-state index contributed by atoms with van der Waals surface area (Å²) in [6.45, 7) is 3.31. The van der Waals surface area contributed by atoms with Crippen molar-refractivity contribution in [2.45, 2.75) is 52.1 Å². The first kappa shape index (κ1) is 22.1. The first-order valence-corrected chi connectivity index (χ1v) is 9.64. The Morgan fingerprint density at radius 2 is 1.83 bits per heavy atom. The van der Waals surface area contributed by atoms with E-state index < -0.39 is 11.9 Å². The molecule has 0 aliphatic rings. The van der Waals surface area contributed by atoms with Gasteiger partial charge >= 0.3 is 5.97 Å². The molecular weight excluding hydrogens is 372 g/mol. The molecule has 0 aliphatic heterocycles. The molecule has 2 N–H and O–H groups in total. The van der Waals surface area contributed by atoms with Crippen molar-refractivity contribution in [3.63, 3.8) is 0 Å². The molecule has 0 bridgehead atoms. The van der Waals surface area contributed by atoms with Gasteiger partial charge in [0.25, 0.3) is 0 Å². The Bertz CT molecular complexity index is 852. The van der Waals surface area contributed by atoms with Gasteiger partial charge in [0.2, 0.25) is 17.6 Å². The van der Waals surface area contributed by atoms with Gasteiger partial charge in [0.05, 0.1) is 0 Å². The van der Waals surface area contributed by atoms with E-state index in [4.69, 9.17) is 15.2 Å². The summed E-state index contributed by atoms with van der Waals surface area (Å²) in [6.07, 6.45) is 4.17. The molecule has 0 spiro atoms. The summed E-state index contributed by atoms with van der Waals surface area (Å²) in [5.74, 6) is -1.18. The van der Waals surface area contributed by atoms with E-state index in [1.165, 1.54) is 19.2 Å². The molecule has 29 heavy (non-hydrogen) atoms. The van der Waals surface area contributed by atoms with Crippen LogP contribution in [0.15, 0.2) is 42.6 Å². The third-order valence-electron chi connectivity index (χ3n) is 4.27. The maximum absolute atomic E-state index is 13.1. The van der Waals surface area contributed by atoms with E-state index in [9.17, 15) is 14.4 Å². The molecule has 1 atom stereocenters. The quantitative estimate of drug-likeness (QED) is 0.459. The largest absolute Gasteiger partial charge is 0.474 e. The van der Waals surface area contributed by atoms with E-state index >= 15 is 0 Å². The zero-order valence-corrected chi connectivity index (χ0v) is 16.7. The molecule has 7 nitrogen and oxygen atoms in total. The lowest BCUT2D eigenvalue weighted by atomic mass is 10.0. The number of nitrogens with zero attached hydrogens (tertiary/aromatic N) is 1. The Morgan fingerprint density at radius 1 is 1.10 bits per heavy atom. The zero-order chi connectivity index (χ0) is 21.2. The number of pyridine rings is 1. The number of aromatic nitrogens is 1. The minimum Gasteiger partial charge on any atom is -0.474 e. The van der Waals surface area contributed by atoms with Crippen LogP contribution in [0, 0.1) is 0 Å². The number of hydrogen-bond acceptors (Lipinski definition) is 6. The Morgan fingerprint density at radius 3 is 2.45 bits per heavy atom. The van der Waals surface area contributed by atoms with Crippen molar-refractivity contribution in [3.8, 4) is 11.6 Å². The lowest BCUT2D eigenvalue weighted by Crippen LogP contribution is -2.22. The third kappa shape index (κ3) is 6.71. The standard InChI is InChI=1S/C22H26N2O5/c1-3-4-10-17(11-12-19(23)26)29-22-20(18(13-14-24-22)28-15(2)25)21(27)16-8-6-5-7-9-16/h5-9,13-14,17H,3-4,10-12H2,1-2H3,(H2,23,26). The minimum atomic E-state index is -0.555. The van der Waals surface area contributed by atoms with Gasteiger partial charge in [-0.25, -0.2) is 4.98 Å². The number of primary amides is 1. The number of carbonyl (C=O) groups excluding carboxylic acids is 3. The fourth-order valence-electron chi connectivity index (χ4n) is 2.85. The van der Waals surface area contributed by atoms with Crippen molar-refractivity contribution < 1.29 is 23.9 Å². The zero-order valence-electron chi connectivity index (χ0n) is 16.7. The lowest BCUT2D eigenvalue weighted by Gasteiger charge is -2.20. The molecule has 1 heterocycles. The summed E-state index contributed by atoms with van der Waals surface area (Å²) in [7, 11) is 0. The molecule has 0 saturated carbocycles. The van der Waals surface area contributed by atoms with Crippen LogP contribution in [0.5, 0.6) is 11.6 Å². The number of unbranched alkanes of at least 4 members (excludes halogenated alkanes) is 1. The van der Waals surface area contributed by atoms with Crippen molar-refractivity contribution >= 4 is 17.7 Å². The predicted octanol–water partition coefficient (Wildman–Crippen LogP) is 3.44. The summed E-state index contributed by atoms with van der Waals surface area (Å²) < 4.78 is 11.3. The maximum Gasteiger partial charge on any atom is 0.308 e. The highest BCUT2D eigenvalue weighted by Crippen LogP contribution is 2.31. The molecule has 2 aromatic rings. The average molecular weight is 398 g/mol. The molecule has 1 amide bonds. The van der Waals surface area contributed by atoms with Gasteiger partial charge in [0.15, 0.2) is 0 Å². The van der Waals surface area contributed by atoms with Gasteiger partial charge in [-0.15, -0.1) is 0 Å². The molecule has 1 aromatic heterocycles. The number of nitrogens with two attached hydrogens (primary N) is 1. The smallest absolute Gasteiger partial charge is 0.308 e. The summed E-state index contributed by atoms with van der Waals surface area (Å²) in [4.78, 5) is 40.1. The highest BCUT2D eigenvalue weighted by Gasteiger charge is 2.25.